The van der Waals surface area contributed by atoms with Crippen molar-refractivity contribution in [3.05, 3.63) is 60.6 Å². The van der Waals surface area contributed by atoms with Crippen molar-refractivity contribution in [1.29, 1.82) is 0 Å². The molecule has 0 unspecified atom stereocenters. The summed E-state index contributed by atoms with van der Waals surface area (Å²) in [5.41, 5.74) is 6.54. The van der Waals surface area contributed by atoms with E-state index in [4.69, 9.17) is 9.97 Å². The van der Waals surface area contributed by atoms with Crippen LogP contribution < -0.4 is 0 Å². The van der Waals surface area contributed by atoms with E-state index in [1.54, 1.807) is 0 Å². The Bertz CT molecular complexity index is 1170. The summed E-state index contributed by atoms with van der Waals surface area (Å²) in [5.74, 6) is 0.459. The van der Waals surface area contributed by atoms with E-state index in [-0.39, 0.29) is 0 Å². The van der Waals surface area contributed by atoms with E-state index in [1.165, 1.54) is 11.3 Å². The molecule has 1 fully saturated rings. The van der Waals surface area contributed by atoms with E-state index in [0.717, 1.165) is 54.8 Å². The summed E-state index contributed by atoms with van der Waals surface area (Å²) in [7, 11) is 1.94. The molecule has 0 bridgehead atoms. The number of hydrogen-bond donors (Lipinski definition) is 0. The lowest BCUT2D eigenvalue weighted by Crippen LogP contribution is -2.32. The first-order chi connectivity index (χ1) is 15.1. The van der Waals surface area contributed by atoms with Crippen LogP contribution in [0.1, 0.15) is 49.9 Å². The van der Waals surface area contributed by atoms with Crippen molar-refractivity contribution < 1.29 is 0 Å². The first kappa shape index (κ1) is 19.9. The van der Waals surface area contributed by atoms with Gasteiger partial charge < -0.3 is 4.57 Å². The molecule has 4 aromatic rings. The molecule has 160 valence electrons. The second-order valence-corrected chi connectivity index (χ2v) is 8.82. The zero-order valence-corrected chi connectivity index (χ0v) is 18.4. The number of pyridine rings is 2. The molecule has 5 rings (SSSR count). The molecule has 4 aromatic heterocycles. The Morgan fingerprint density at radius 2 is 2.00 bits per heavy atom. The molecule has 0 amide bonds. The molecule has 0 N–H and O–H groups in total. The second-order valence-electron chi connectivity index (χ2n) is 8.82. The summed E-state index contributed by atoms with van der Waals surface area (Å²) in [4.78, 5) is 16.6. The van der Waals surface area contributed by atoms with Crippen molar-refractivity contribution in [2.24, 2.45) is 7.05 Å². The quantitative estimate of drug-likeness (QED) is 0.489. The fraction of sp³-hybridized carbons (Fsp3) is 0.417. The van der Waals surface area contributed by atoms with Crippen molar-refractivity contribution in [1.82, 2.24) is 34.2 Å². The van der Waals surface area contributed by atoms with Crippen LogP contribution in [0, 0.1) is 0 Å². The highest BCUT2D eigenvalue weighted by Gasteiger charge is 2.24. The minimum absolute atomic E-state index is 0.350. The SMILES string of the molecule is CC(C)n1cnc2c(-c3cnn(C)c3)nc(C3CCN(Cc4cccnc4)CC3)cc21. The largest absolute Gasteiger partial charge is 0.328 e. The number of hydrogen-bond acceptors (Lipinski definition) is 5. The van der Waals surface area contributed by atoms with Gasteiger partial charge >= 0.3 is 0 Å². The Labute approximate surface area is 182 Å². The molecular formula is C24H29N7. The molecule has 7 nitrogen and oxygen atoms in total. The maximum atomic E-state index is 5.13. The van der Waals surface area contributed by atoms with Gasteiger partial charge in [0.15, 0.2) is 0 Å². The van der Waals surface area contributed by atoms with Gasteiger partial charge in [-0.25, -0.2) is 9.97 Å². The number of nitrogens with zero attached hydrogens (tertiary/aromatic N) is 7. The summed E-state index contributed by atoms with van der Waals surface area (Å²) in [6, 6.07) is 6.79. The average Bonchev–Trinajstić information content (AvgIpc) is 3.41. The molecule has 0 spiro atoms. The molecule has 0 saturated carbocycles. The summed E-state index contributed by atoms with van der Waals surface area (Å²) in [6.07, 6.45) is 11.9. The highest BCUT2D eigenvalue weighted by Crippen LogP contribution is 2.34. The van der Waals surface area contributed by atoms with E-state index in [2.05, 4.69) is 45.5 Å². The van der Waals surface area contributed by atoms with Crippen LogP contribution in [0.15, 0.2) is 49.3 Å². The maximum Gasteiger partial charge on any atom is 0.115 e. The number of fused-ring (bicyclic) bond motifs is 1. The summed E-state index contributed by atoms with van der Waals surface area (Å²) in [5, 5.41) is 4.36. The highest BCUT2D eigenvalue weighted by molar-refractivity contribution is 5.90. The van der Waals surface area contributed by atoms with Gasteiger partial charge in [0.05, 0.1) is 18.0 Å². The lowest BCUT2D eigenvalue weighted by molar-refractivity contribution is 0.203. The fourth-order valence-electron chi connectivity index (χ4n) is 4.55. The minimum Gasteiger partial charge on any atom is -0.328 e. The zero-order valence-electron chi connectivity index (χ0n) is 18.4. The Morgan fingerprint density at radius 3 is 2.68 bits per heavy atom. The summed E-state index contributed by atoms with van der Waals surface area (Å²) in [6.45, 7) is 7.51. The fourth-order valence-corrected chi connectivity index (χ4v) is 4.55. The lowest BCUT2D eigenvalue weighted by atomic mass is 9.92. The number of likely N-dealkylation sites (tertiary alicyclic amines) is 1. The van der Waals surface area contributed by atoms with E-state index in [1.807, 2.05) is 48.9 Å². The Balaban J connectivity index is 1.44. The maximum absolute atomic E-state index is 5.13. The van der Waals surface area contributed by atoms with Crippen molar-refractivity contribution in [2.75, 3.05) is 13.1 Å². The van der Waals surface area contributed by atoms with Crippen LogP contribution in [0.4, 0.5) is 0 Å². The van der Waals surface area contributed by atoms with Crippen molar-refractivity contribution >= 4 is 11.0 Å². The molecule has 0 atom stereocenters. The van der Waals surface area contributed by atoms with Crippen molar-refractivity contribution in [2.45, 2.75) is 45.2 Å². The molecule has 5 heterocycles. The van der Waals surface area contributed by atoms with E-state index < -0.39 is 0 Å². The third kappa shape index (κ3) is 3.97. The van der Waals surface area contributed by atoms with Gasteiger partial charge in [0.25, 0.3) is 0 Å². The molecule has 1 saturated heterocycles. The minimum atomic E-state index is 0.350. The third-order valence-corrected chi connectivity index (χ3v) is 6.25. The number of piperidine rings is 1. The van der Waals surface area contributed by atoms with E-state index >= 15 is 0 Å². The monoisotopic (exact) mass is 415 g/mol. The molecule has 0 radical (unpaired) electrons. The van der Waals surface area contributed by atoms with Crippen LogP contribution in [0.2, 0.25) is 0 Å². The van der Waals surface area contributed by atoms with Crippen LogP contribution in [0.25, 0.3) is 22.3 Å². The molecule has 0 aliphatic carbocycles. The Hall–Kier alpha value is -3.06. The smallest absolute Gasteiger partial charge is 0.115 e. The zero-order chi connectivity index (χ0) is 21.4. The molecule has 7 heteroatoms. The first-order valence-electron chi connectivity index (χ1n) is 11.1. The average molecular weight is 416 g/mol. The molecule has 1 aliphatic heterocycles. The number of imidazole rings is 1. The first-order valence-corrected chi connectivity index (χ1v) is 11.1. The van der Waals surface area contributed by atoms with Gasteiger partial charge in [-0.1, -0.05) is 6.07 Å². The number of rotatable bonds is 5. The van der Waals surface area contributed by atoms with E-state index in [0.29, 0.717) is 12.0 Å². The molecule has 31 heavy (non-hydrogen) atoms. The lowest BCUT2D eigenvalue weighted by Gasteiger charge is -2.31. The second kappa shape index (κ2) is 8.23. The van der Waals surface area contributed by atoms with Crippen LogP contribution in [0.5, 0.6) is 0 Å². The predicted octanol–water partition coefficient (Wildman–Crippen LogP) is 4.19. The molecule has 1 aliphatic rings. The number of aromatic nitrogens is 6. The Kier molecular flexibility index (Phi) is 5.28. The highest BCUT2D eigenvalue weighted by atomic mass is 15.2. The van der Waals surface area contributed by atoms with Gasteiger partial charge in [0.2, 0.25) is 0 Å². The summed E-state index contributed by atoms with van der Waals surface area (Å²) >= 11 is 0. The molecular weight excluding hydrogens is 386 g/mol. The van der Waals surface area contributed by atoms with Gasteiger partial charge in [-0.3, -0.25) is 14.6 Å². The Morgan fingerprint density at radius 1 is 1.16 bits per heavy atom. The van der Waals surface area contributed by atoms with E-state index in [9.17, 15) is 0 Å². The molecule has 0 aromatic carbocycles. The van der Waals surface area contributed by atoms with Crippen LogP contribution in [-0.4, -0.2) is 47.3 Å². The normalized spacial score (nSPS) is 15.9. The van der Waals surface area contributed by atoms with Crippen molar-refractivity contribution in [3.8, 4) is 11.3 Å². The van der Waals surface area contributed by atoms with Crippen LogP contribution in [0.3, 0.4) is 0 Å². The van der Waals surface area contributed by atoms with Crippen LogP contribution >= 0.6 is 0 Å². The standard InChI is InChI=1S/C24H29N7/c1-17(2)31-16-26-24-22(31)11-21(28-23(24)20-13-27-29(3)15-20)19-6-9-30(10-7-19)14-18-5-4-8-25-12-18/h4-5,8,11-13,15-17,19H,6-7,9-10,14H2,1-3H3. The number of aryl methyl sites for hydroxylation is 1. The van der Waals surface area contributed by atoms with Gasteiger partial charge in [-0.2, -0.15) is 5.10 Å². The van der Waals surface area contributed by atoms with Gasteiger partial charge in [-0.05, 0) is 57.5 Å². The van der Waals surface area contributed by atoms with Gasteiger partial charge in [-0.15, -0.1) is 0 Å². The van der Waals surface area contributed by atoms with Gasteiger partial charge in [0.1, 0.15) is 11.2 Å². The summed E-state index contributed by atoms with van der Waals surface area (Å²) < 4.78 is 4.07. The van der Waals surface area contributed by atoms with Gasteiger partial charge in [0, 0.05) is 55.4 Å². The third-order valence-electron chi connectivity index (χ3n) is 6.25. The van der Waals surface area contributed by atoms with Crippen LogP contribution in [-0.2, 0) is 13.6 Å². The van der Waals surface area contributed by atoms with Crippen molar-refractivity contribution in [3.63, 3.8) is 0 Å². The topological polar surface area (TPSA) is 64.7 Å². The predicted molar refractivity (Wildman–Crippen MR) is 122 cm³/mol.